The predicted molar refractivity (Wildman–Crippen MR) is 173 cm³/mol. The molecule has 4 aromatic carbocycles. The summed E-state index contributed by atoms with van der Waals surface area (Å²) in [5, 5.41) is 4.13. The molecule has 0 aromatic heterocycles. The molecule has 43 heavy (non-hydrogen) atoms. The number of rotatable bonds is 13. The van der Waals surface area contributed by atoms with E-state index in [0.29, 0.717) is 34.2 Å². The lowest BCUT2D eigenvalue weighted by molar-refractivity contribution is 0.0513. The Bertz CT molecular complexity index is 1610. The summed E-state index contributed by atoms with van der Waals surface area (Å²) in [6.45, 7) is 7.55. The molecule has 0 aliphatic heterocycles. The fourth-order valence-corrected chi connectivity index (χ4v) is 5.95. The number of ketones is 2. The van der Waals surface area contributed by atoms with Gasteiger partial charge in [-0.3, -0.25) is 9.59 Å². The van der Waals surface area contributed by atoms with Gasteiger partial charge in [-0.25, -0.2) is 4.79 Å². The van der Waals surface area contributed by atoms with E-state index in [1.54, 1.807) is 43.0 Å². The molecule has 0 atom stereocenters. The fourth-order valence-electron chi connectivity index (χ4n) is 5.11. The fraction of sp³-hybridized carbons (Fsp3) is 0.243. The summed E-state index contributed by atoms with van der Waals surface area (Å²) < 4.78 is 0. The monoisotopic (exact) mass is 591 g/mol. The van der Waals surface area contributed by atoms with Gasteiger partial charge in [0.05, 0.1) is 5.56 Å². The maximum atomic E-state index is 13.5. The average molecular weight is 592 g/mol. The van der Waals surface area contributed by atoms with Crippen LogP contribution in [0.25, 0.3) is 0 Å². The molecule has 220 valence electrons. The molecule has 0 heterocycles. The summed E-state index contributed by atoms with van der Waals surface area (Å²) in [5.74, 6) is -1.11. The van der Waals surface area contributed by atoms with Crippen LogP contribution in [0.3, 0.4) is 0 Å². The van der Waals surface area contributed by atoms with E-state index in [1.807, 2.05) is 80.6 Å². The highest BCUT2D eigenvalue weighted by molar-refractivity contribution is 7.99. The molecule has 0 saturated heterocycles. The van der Waals surface area contributed by atoms with Crippen molar-refractivity contribution in [3.63, 3.8) is 0 Å². The van der Waals surface area contributed by atoms with Crippen molar-refractivity contribution in [2.75, 3.05) is 0 Å². The molecular weight excluding hydrogens is 554 g/mol. The Morgan fingerprint density at radius 3 is 1.95 bits per heavy atom. The van der Waals surface area contributed by atoms with Crippen LogP contribution in [0.1, 0.15) is 92.4 Å². The summed E-state index contributed by atoms with van der Waals surface area (Å²) in [6, 6.07) is 28.2. The minimum atomic E-state index is -0.689. The van der Waals surface area contributed by atoms with Crippen molar-refractivity contribution in [1.29, 1.82) is 0 Å². The molecule has 0 spiro atoms. The Morgan fingerprint density at radius 2 is 1.30 bits per heavy atom. The summed E-state index contributed by atoms with van der Waals surface area (Å²) in [6.07, 6.45) is 4.22. The molecule has 6 heteroatoms. The van der Waals surface area contributed by atoms with Gasteiger partial charge in [-0.05, 0) is 86.7 Å². The minimum Gasteiger partial charge on any atom is -0.312 e. The zero-order chi connectivity index (χ0) is 30.8. The quantitative estimate of drug-likeness (QED) is 0.0509. The largest absolute Gasteiger partial charge is 0.366 e. The third-order valence-corrected chi connectivity index (χ3v) is 8.32. The Balaban J connectivity index is 1.58. The maximum absolute atomic E-state index is 13.5. The van der Waals surface area contributed by atoms with Gasteiger partial charge in [-0.15, -0.1) is 0 Å². The summed E-state index contributed by atoms with van der Waals surface area (Å²) >= 11 is 1.62. The van der Waals surface area contributed by atoms with Crippen molar-refractivity contribution in [2.45, 2.75) is 69.6 Å². The SMILES string of the molecule is CCCCCC/C(=N\OC(=O)c1c(C)cc(C)c(C(=O)c2ccccc2)c1C)C(=O)c1ccc(Sc2ccccc2)cc1. The second-order valence-corrected chi connectivity index (χ2v) is 11.7. The normalized spacial score (nSPS) is 11.3. The van der Waals surface area contributed by atoms with Gasteiger partial charge in [0.1, 0.15) is 5.71 Å². The number of unbranched alkanes of at least 4 members (excludes halogenated alkanes) is 3. The lowest BCUT2D eigenvalue weighted by Crippen LogP contribution is -2.18. The predicted octanol–water partition coefficient (Wildman–Crippen LogP) is 9.36. The highest BCUT2D eigenvalue weighted by atomic mass is 32.2. The third-order valence-electron chi connectivity index (χ3n) is 7.30. The van der Waals surface area contributed by atoms with Crippen LogP contribution >= 0.6 is 11.8 Å². The molecule has 0 saturated carbocycles. The van der Waals surface area contributed by atoms with Gasteiger partial charge in [-0.2, -0.15) is 0 Å². The number of hydrogen-bond acceptors (Lipinski definition) is 6. The van der Waals surface area contributed by atoms with Crippen molar-refractivity contribution in [3.8, 4) is 0 Å². The molecule has 4 aromatic rings. The van der Waals surface area contributed by atoms with Crippen molar-refractivity contribution >= 4 is 35.0 Å². The molecule has 0 N–H and O–H groups in total. The average Bonchev–Trinajstić information content (AvgIpc) is 3.01. The Kier molecular flexibility index (Phi) is 11.2. The first-order chi connectivity index (χ1) is 20.8. The molecule has 5 nitrogen and oxygen atoms in total. The zero-order valence-corrected chi connectivity index (χ0v) is 26.0. The standard InChI is InChI=1S/C37H37NO4S/c1-5-6-7-14-19-32(35(39)29-20-22-31(23-21-29)43-30-17-12-9-13-18-30)38-42-37(41)34-26(3)24-25(2)33(27(34)4)36(40)28-15-10-8-11-16-28/h8-13,15-18,20-24H,5-7,14,19H2,1-4H3/b38-32+. The molecular formula is C37H37NO4S. The van der Waals surface area contributed by atoms with E-state index in [-0.39, 0.29) is 22.8 Å². The number of benzene rings is 4. The second-order valence-electron chi connectivity index (χ2n) is 10.6. The van der Waals surface area contributed by atoms with Crippen LogP contribution in [-0.2, 0) is 4.84 Å². The van der Waals surface area contributed by atoms with E-state index in [1.165, 1.54) is 0 Å². The minimum absolute atomic E-state index is 0.159. The molecule has 0 fully saturated rings. The van der Waals surface area contributed by atoms with Gasteiger partial charge >= 0.3 is 5.97 Å². The van der Waals surface area contributed by atoms with Crippen LogP contribution < -0.4 is 0 Å². The van der Waals surface area contributed by atoms with Crippen LogP contribution in [0.5, 0.6) is 0 Å². The number of nitrogens with zero attached hydrogens (tertiary/aromatic N) is 1. The van der Waals surface area contributed by atoms with Gasteiger partial charge in [0.2, 0.25) is 5.78 Å². The van der Waals surface area contributed by atoms with Crippen molar-refractivity contribution in [3.05, 3.63) is 130 Å². The number of carbonyl (C=O) groups excluding carboxylic acids is 3. The van der Waals surface area contributed by atoms with Crippen molar-refractivity contribution in [2.24, 2.45) is 5.16 Å². The number of carbonyl (C=O) groups is 3. The first kappa shape index (κ1) is 31.6. The van der Waals surface area contributed by atoms with Gasteiger partial charge in [0.25, 0.3) is 0 Å². The summed E-state index contributed by atoms with van der Waals surface area (Å²) in [5.41, 5.74) is 3.99. The highest BCUT2D eigenvalue weighted by Gasteiger charge is 2.24. The third kappa shape index (κ3) is 8.17. The maximum Gasteiger partial charge on any atom is 0.366 e. The molecule has 0 amide bonds. The summed E-state index contributed by atoms with van der Waals surface area (Å²) in [4.78, 5) is 47.9. The van der Waals surface area contributed by atoms with Gasteiger partial charge in [-0.1, -0.05) is 97.7 Å². The van der Waals surface area contributed by atoms with Crippen molar-refractivity contribution in [1.82, 2.24) is 0 Å². The molecule has 0 radical (unpaired) electrons. The number of aryl methyl sites for hydroxylation is 2. The number of hydrogen-bond donors (Lipinski definition) is 0. The Morgan fingerprint density at radius 1 is 0.698 bits per heavy atom. The lowest BCUT2D eigenvalue weighted by atomic mass is 9.89. The smallest absolute Gasteiger partial charge is 0.312 e. The van der Waals surface area contributed by atoms with E-state index >= 15 is 0 Å². The first-order valence-electron chi connectivity index (χ1n) is 14.7. The highest BCUT2D eigenvalue weighted by Crippen LogP contribution is 2.28. The Hall–Kier alpha value is -4.29. The van der Waals surface area contributed by atoms with Gasteiger partial charge < -0.3 is 4.84 Å². The van der Waals surface area contributed by atoms with Crippen LogP contribution in [0.2, 0.25) is 0 Å². The topological polar surface area (TPSA) is 72.8 Å². The van der Waals surface area contributed by atoms with Gasteiger partial charge in [0.15, 0.2) is 5.78 Å². The van der Waals surface area contributed by atoms with Crippen LogP contribution in [-0.4, -0.2) is 23.2 Å². The molecule has 4 rings (SSSR count). The molecule has 0 bridgehead atoms. The molecule has 0 aliphatic carbocycles. The molecule has 0 aliphatic rings. The van der Waals surface area contributed by atoms with E-state index in [4.69, 9.17) is 4.84 Å². The van der Waals surface area contributed by atoms with E-state index < -0.39 is 5.97 Å². The molecule has 0 unspecified atom stereocenters. The van der Waals surface area contributed by atoms with Gasteiger partial charge in [0, 0.05) is 26.5 Å². The summed E-state index contributed by atoms with van der Waals surface area (Å²) in [7, 11) is 0. The first-order valence-corrected chi connectivity index (χ1v) is 15.5. The van der Waals surface area contributed by atoms with E-state index in [2.05, 4.69) is 12.1 Å². The van der Waals surface area contributed by atoms with E-state index in [9.17, 15) is 14.4 Å². The lowest BCUT2D eigenvalue weighted by Gasteiger charge is -2.15. The Labute approximate surface area is 258 Å². The van der Waals surface area contributed by atoms with Crippen LogP contribution in [0.15, 0.2) is 106 Å². The zero-order valence-electron chi connectivity index (χ0n) is 25.2. The number of oxime groups is 1. The van der Waals surface area contributed by atoms with Crippen LogP contribution in [0.4, 0.5) is 0 Å². The van der Waals surface area contributed by atoms with Crippen LogP contribution in [0, 0.1) is 20.8 Å². The number of Topliss-reactive ketones (excluding diaryl/α,β-unsaturated/α-hetero) is 1. The van der Waals surface area contributed by atoms with E-state index in [0.717, 1.165) is 41.0 Å². The van der Waals surface area contributed by atoms with Crippen molar-refractivity contribution < 1.29 is 19.2 Å². The second kappa shape index (κ2) is 15.3.